The number of carbonyl (C=O) groups is 1. The second-order valence-corrected chi connectivity index (χ2v) is 11.2. The first kappa shape index (κ1) is 24.6. The predicted molar refractivity (Wildman–Crippen MR) is 126 cm³/mol. The fraction of sp³-hybridized carbons (Fsp3) is 0.929. The van der Waals surface area contributed by atoms with Crippen LogP contribution in [0.25, 0.3) is 0 Å². The molecular weight excluding hydrogens is 382 g/mol. The van der Waals surface area contributed by atoms with Crippen LogP contribution in [0.1, 0.15) is 129 Å². The van der Waals surface area contributed by atoms with Crippen LogP contribution >= 0.6 is 0 Å². The van der Waals surface area contributed by atoms with Crippen molar-refractivity contribution in [3.63, 3.8) is 0 Å². The molecule has 3 aliphatic rings. The van der Waals surface area contributed by atoms with Gasteiger partial charge in [-0.05, 0) is 101 Å². The molecule has 0 aromatic rings. The van der Waals surface area contributed by atoms with Crippen molar-refractivity contribution in [3.05, 3.63) is 0 Å². The van der Waals surface area contributed by atoms with E-state index in [4.69, 9.17) is 4.74 Å². The first-order valence-electron chi connectivity index (χ1n) is 13.7. The zero-order valence-corrected chi connectivity index (χ0v) is 20.4. The van der Waals surface area contributed by atoms with E-state index in [0.29, 0.717) is 0 Å². The second kappa shape index (κ2) is 12.3. The number of esters is 1. The number of hydrogen-bond acceptors (Lipinski definition) is 3. The zero-order valence-electron chi connectivity index (χ0n) is 20.4. The maximum atomic E-state index is 12.7. The maximum absolute atomic E-state index is 12.7. The third-order valence-electron chi connectivity index (χ3n) is 9.03. The molecule has 0 saturated heterocycles. The van der Waals surface area contributed by atoms with Crippen LogP contribution in [-0.4, -0.2) is 12.1 Å². The summed E-state index contributed by atoms with van der Waals surface area (Å²) in [7, 11) is 0. The lowest BCUT2D eigenvalue weighted by Gasteiger charge is -2.40. The Kier molecular flexibility index (Phi) is 9.73. The van der Waals surface area contributed by atoms with Gasteiger partial charge >= 0.3 is 5.97 Å². The highest BCUT2D eigenvalue weighted by molar-refractivity contribution is 5.72. The molecule has 0 bridgehead atoms. The monoisotopic (exact) mass is 429 g/mol. The summed E-state index contributed by atoms with van der Waals surface area (Å²) in [6.07, 6.45) is 21.3. The minimum absolute atomic E-state index is 0.0332. The topological polar surface area (TPSA) is 50.1 Å². The van der Waals surface area contributed by atoms with Crippen molar-refractivity contribution >= 4 is 5.97 Å². The third kappa shape index (κ3) is 6.97. The normalized spacial score (nSPS) is 36.5. The summed E-state index contributed by atoms with van der Waals surface area (Å²) in [5.74, 6) is 2.68. The molecule has 3 nitrogen and oxygen atoms in total. The average molecular weight is 430 g/mol. The van der Waals surface area contributed by atoms with E-state index in [0.717, 1.165) is 62.7 Å². The number of rotatable bonds is 9. The van der Waals surface area contributed by atoms with Gasteiger partial charge in [-0.2, -0.15) is 5.26 Å². The lowest BCUT2D eigenvalue weighted by atomic mass is 9.64. The highest BCUT2D eigenvalue weighted by Gasteiger charge is 2.39. The Morgan fingerprint density at radius 3 is 2.10 bits per heavy atom. The average Bonchev–Trinajstić information content (AvgIpc) is 2.81. The summed E-state index contributed by atoms with van der Waals surface area (Å²) < 4.78 is 5.99. The van der Waals surface area contributed by atoms with Crippen LogP contribution in [0.3, 0.4) is 0 Å². The number of ether oxygens (including phenoxy) is 1. The summed E-state index contributed by atoms with van der Waals surface area (Å²) in [6, 6.07) is 2.71. The Hall–Kier alpha value is -1.04. The van der Waals surface area contributed by atoms with Gasteiger partial charge in [-0.1, -0.05) is 46.0 Å². The van der Waals surface area contributed by atoms with Crippen molar-refractivity contribution in [2.24, 2.45) is 29.1 Å². The van der Waals surface area contributed by atoms with Crippen molar-refractivity contribution in [3.8, 4) is 6.07 Å². The predicted octanol–water partition coefficient (Wildman–Crippen LogP) is 7.98. The molecule has 3 saturated carbocycles. The third-order valence-corrected chi connectivity index (χ3v) is 9.03. The molecule has 0 aliphatic heterocycles. The molecule has 0 radical (unpaired) electrons. The molecule has 0 aromatic heterocycles. The second-order valence-electron chi connectivity index (χ2n) is 11.2. The van der Waals surface area contributed by atoms with Gasteiger partial charge in [-0.15, -0.1) is 0 Å². The summed E-state index contributed by atoms with van der Waals surface area (Å²) in [5, 5.41) is 9.81. The van der Waals surface area contributed by atoms with Gasteiger partial charge in [0.15, 0.2) is 0 Å². The fourth-order valence-electron chi connectivity index (χ4n) is 6.83. The van der Waals surface area contributed by atoms with Crippen molar-refractivity contribution < 1.29 is 9.53 Å². The molecule has 3 fully saturated rings. The van der Waals surface area contributed by atoms with Crippen LogP contribution in [-0.2, 0) is 9.53 Å². The molecule has 0 spiro atoms. The van der Waals surface area contributed by atoms with E-state index in [1.807, 2.05) is 0 Å². The van der Waals surface area contributed by atoms with Crippen LogP contribution in [0.4, 0.5) is 0 Å². The minimum Gasteiger partial charge on any atom is -0.462 e. The first-order valence-corrected chi connectivity index (χ1v) is 13.7. The number of carbonyl (C=O) groups excluding carboxylic acids is 1. The summed E-state index contributed by atoms with van der Waals surface area (Å²) >= 11 is 0. The van der Waals surface area contributed by atoms with E-state index in [1.54, 1.807) is 0 Å². The van der Waals surface area contributed by atoms with Gasteiger partial charge in [0.2, 0.25) is 0 Å². The largest absolute Gasteiger partial charge is 0.462 e. The summed E-state index contributed by atoms with van der Waals surface area (Å²) in [5.41, 5.74) is -0.0332. The van der Waals surface area contributed by atoms with Gasteiger partial charge in [0.05, 0.1) is 17.4 Å². The Bertz CT molecular complexity index is 570. The number of unbranched alkanes of at least 4 members (excludes halogenated alkanes) is 2. The highest BCUT2D eigenvalue weighted by atomic mass is 16.5. The summed E-state index contributed by atoms with van der Waals surface area (Å²) in [6.45, 7) is 4.50. The molecule has 0 heterocycles. The standard InChI is InChI=1S/C28H47NO2/c1-3-5-6-18-28(21-29)19-16-24(17-20-28)23-12-14-26(15-13-23)31-27(30)25-10-8-22(7-4-2)9-11-25/h22-26H,3-20H2,1-2H3. The first-order chi connectivity index (χ1) is 15.1. The molecule has 176 valence electrons. The van der Waals surface area contributed by atoms with Crippen LogP contribution in [0.5, 0.6) is 0 Å². The van der Waals surface area contributed by atoms with E-state index in [1.165, 1.54) is 70.6 Å². The molecule has 0 amide bonds. The lowest BCUT2D eigenvalue weighted by molar-refractivity contribution is -0.157. The molecule has 3 rings (SSSR count). The smallest absolute Gasteiger partial charge is 0.309 e. The molecular formula is C28H47NO2. The van der Waals surface area contributed by atoms with E-state index < -0.39 is 0 Å². The van der Waals surface area contributed by atoms with Gasteiger partial charge in [-0.3, -0.25) is 4.79 Å². The zero-order chi connectivity index (χ0) is 22.1. The van der Waals surface area contributed by atoms with Gasteiger partial charge in [-0.25, -0.2) is 0 Å². The van der Waals surface area contributed by atoms with Crippen molar-refractivity contribution in [1.29, 1.82) is 5.26 Å². The van der Waals surface area contributed by atoms with E-state index >= 15 is 0 Å². The summed E-state index contributed by atoms with van der Waals surface area (Å²) in [4.78, 5) is 12.7. The molecule has 0 unspecified atom stereocenters. The Labute approximate surface area is 191 Å². The lowest BCUT2D eigenvalue weighted by Crippen LogP contribution is -2.34. The Morgan fingerprint density at radius 2 is 1.52 bits per heavy atom. The Balaban J connectivity index is 1.35. The van der Waals surface area contributed by atoms with Crippen molar-refractivity contribution in [1.82, 2.24) is 0 Å². The van der Waals surface area contributed by atoms with E-state index in [-0.39, 0.29) is 23.4 Å². The van der Waals surface area contributed by atoms with E-state index in [2.05, 4.69) is 19.9 Å². The van der Waals surface area contributed by atoms with E-state index in [9.17, 15) is 10.1 Å². The molecule has 3 aliphatic carbocycles. The van der Waals surface area contributed by atoms with Gasteiger partial charge in [0, 0.05) is 0 Å². The molecule has 0 aromatic carbocycles. The van der Waals surface area contributed by atoms with Crippen LogP contribution in [0, 0.1) is 40.4 Å². The molecule has 0 N–H and O–H groups in total. The Morgan fingerprint density at radius 1 is 0.871 bits per heavy atom. The van der Waals surface area contributed by atoms with Gasteiger partial charge < -0.3 is 4.74 Å². The van der Waals surface area contributed by atoms with Crippen molar-refractivity contribution in [2.45, 2.75) is 136 Å². The van der Waals surface area contributed by atoms with Crippen LogP contribution < -0.4 is 0 Å². The number of nitrogens with zero attached hydrogens (tertiary/aromatic N) is 1. The van der Waals surface area contributed by atoms with Crippen LogP contribution in [0.15, 0.2) is 0 Å². The molecule has 3 heteroatoms. The SMILES string of the molecule is CCCCCC1(C#N)CCC(C2CCC(OC(=O)C3CCC(CCC)CC3)CC2)CC1. The van der Waals surface area contributed by atoms with Gasteiger partial charge in [0.25, 0.3) is 0 Å². The van der Waals surface area contributed by atoms with Crippen molar-refractivity contribution in [2.75, 3.05) is 0 Å². The minimum atomic E-state index is -0.0332. The fourth-order valence-corrected chi connectivity index (χ4v) is 6.83. The maximum Gasteiger partial charge on any atom is 0.309 e. The molecule has 0 atom stereocenters. The number of nitriles is 1. The molecule has 31 heavy (non-hydrogen) atoms. The van der Waals surface area contributed by atoms with Crippen LogP contribution in [0.2, 0.25) is 0 Å². The van der Waals surface area contributed by atoms with Gasteiger partial charge in [0.1, 0.15) is 6.10 Å². The number of hydrogen-bond donors (Lipinski definition) is 0. The highest BCUT2D eigenvalue weighted by Crippen LogP contribution is 2.47. The quantitative estimate of drug-likeness (QED) is 0.276.